The van der Waals surface area contributed by atoms with Crippen LogP contribution in [0.25, 0.3) is 22.3 Å². The van der Waals surface area contributed by atoms with Gasteiger partial charge in [-0.1, -0.05) is 41.9 Å². The van der Waals surface area contributed by atoms with Crippen LogP contribution in [0.1, 0.15) is 26.3 Å². The summed E-state index contributed by atoms with van der Waals surface area (Å²) < 4.78 is 0. The minimum Gasteiger partial charge on any atom is -0.478 e. The Morgan fingerprint density at radius 3 is 2.47 bits per heavy atom. The van der Waals surface area contributed by atoms with Crippen molar-refractivity contribution in [1.82, 2.24) is 15.3 Å². The van der Waals surface area contributed by atoms with Crippen LogP contribution < -0.4 is 5.32 Å². The van der Waals surface area contributed by atoms with Crippen molar-refractivity contribution in [2.75, 3.05) is 0 Å². The number of hydrogen-bond acceptors (Lipinski definition) is 4. The molecule has 4 rings (SSSR count). The first-order chi connectivity index (χ1) is 14.5. The largest absolute Gasteiger partial charge is 0.478 e. The van der Waals surface area contributed by atoms with Gasteiger partial charge in [0.25, 0.3) is 5.91 Å². The fourth-order valence-electron chi connectivity index (χ4n) is 3.20. The Hall–Kier alpha value is -3.77. The van der Waals surface area contributed by atoms with Gasteiger partial charge in [-0.2, -0.15) is 0 Å². The maximum Gasteiger partial charge on any atom is 0.336 e. The van der Waals surface area contributed by atoms with Crippen LogP contribution in [0, 0.1) is 0 Å². The summed E-state index contributed by atoms with van der Waals surface area (Å²) in [5, 5.41) is 13.5. The third kappa shape index (κ3) is 3.86. The van der Waals surface area contributed by atoms with Crippen LogP contribution in [-0.4, -0.2) is 27.0 Å². The van der Waals surface area contributed by atoms with Gasteiger partial charge in [0.1, 0.15) is 0 Å². The second-order valence-electron chi connectivity index (χ2n) is 6.56. The Kier molecular flexibility index (Phi) is 5.41. The van der Waals surface area contributed by atoms with Gasteiger partial charge in [-0.25, -0.2) is 9.78 Å². The summed E-state index contributed by atoms with van der Waals surface area (Å²) in [4.78, 5) is 33.2. The van der Waals surface area contributed by atoms with Crippen molar-refractivity contribution in [2.45, 2.75) is 6.54 Å². The van der Waals surface area contributed by atoms with Crippen molar-refractivity contribution in [3.8, 4) is 11.4 Å². The van der Waals surface area contributed by atoms with E-state index in [9.17, 15) is 14.7 Å². The lowest BCUT2D eigenvalue weighted by Gasteiger charge is -2.13. The average molecular weight is 418 g/mol. The van der Waals surface area contributed by atoms with E-state index in [-0.39, 0.29) is 17.7 Å². The predicted molar refractivity (Wildman–Crippen MR) is 115 cm³/mol. The van der Waals surface area contributed by atoms with E-state index in [1.807, 2.05) is 36.4 Å². The van der Waals surface area contributed by atoms with E-state index in [0.717, 1.165) is 10.9 Å². The summed E-state index contributed by atoms with van der Waals surface area (Å²) in [6.07, 6.45) is 1.67. The van der Waals surface area contributed by atoms with Crippen molar-refractivity contribution < 1.29 is 14.7 Å². The molecule has 30 heavy (non-hydrogen) atoms. The summed E-state index contributed by atoms with van der Waals surface area (Å²) in [5.74, 6) is -1.64. The molecule has 0 saturated heterocycles. The second kappa shape index (κ2) is 8.31. The third-order valence-corrected chi connectivity index (χ3v) is 4.93. The number of carbonyl (C=O) groups is 2. The summed E-state index contributed by atoms with van der Waals surface area (Å²) in [6.45, 7) is 0.147. The van der Waals surface area contributed by atoms with Gasteiger partial charge in [-0.15, -0.1) is 0 Å². The highest BCUT2D eigenvalue weighted by Crippen LogP contribution is 2.28. The first-order valence-corrected chi connectivity index (χ1v) is 9.52. The van der Waals surface area contributed by atoms with Crippen molar-refractivity contribution in [3.63, 3.8) is 0 Å². The topological polar surface area (TPSA) is 92.2 Å². The molecule has 1 amide bonds. The normalized spacial score (nSPS) is 10.7. The lowest BCUT2D eigenvalue weighted by molar-refractivity contribution is 0.0691. The lowest BCUT2D eigenvalue weighted by atomic mass is 10.0. The predicted octanol–water partition coefficient (Wildman–Crippen LogP) is 4.58. The Morgan fingerprint density at radius 1 is 0.967 bits per heavy atom. The molecule has 2 N–H and O–H groups in total. The Bertz CT molecular complexity index is 1260. The highest BCUT2D eigenvalue weighted by atomic mass is 35.5. The van der Waals surface area contributed by atoms with Gasteiger partial charge >= 0.3 is 5.97 Å². The molecule has 0 saturated carbocycles. The Balaban J connectivity index is 1.72. The van der Waals surface area contributed by atoms with Crippen LogP contribution in [0.3, 0.4) is 0 Å². The molecular formula is C23H16ClN3O3. The van der Waals surface area contributed by atoms with E-state index in [1.165, 1.54) is 12.1 Å². The van der Waals surface area contributed by atoms with Crippen molar-refractivity contribution >= 4 is 34.4 Å². The number of carboxylic acid groups (broad SMARTS) is 1. The SMILES string of the molecule is O=C(O)c1ccccc1C(=O)NCc1cc2cccc(Cl)c2nc1-c1ccccn1. The van der Waals surface area contributed by atoms with Crippen LogP contribution in [0.4, 0.5) is 0 Å². The number of nitrogens with zero attached hydrogens (tertiary/aromatic N) is 2. The molecule has 0 bridgehead atoms. The number of carbonyl (C=O) groups excluding carboxylic acids is 1. The highest BCUT2D eigenvalue weighted by molar-refractivity contribution is 6.35. The number of hydrogen-bond donors (Lipinski definition) is 2. The molecule has 6 nitrogen and oxygen atoms in total. The molecule has 0 aliphatic carbocycles. The molecule has 0 spiro atoms. The minimum absolute atomic E-state index is 0.0524. The van der Waals surface area contributed by atoms with E-state index in [1.54, 1.807) is 24.4 Å². The number of aromatic carboxylic acids is 1. The number of aromatic nitrogens is 2. The first-order valence-electron chi connectivity index (χ1n) is 9.14. The van der Waals surface area contributed by atoms with E-state index >= 15 is 0 Å². The van der Waals surface area contributed by atoms with E-state index in [0.29, 0.717) is 21.9 Å². The number of nitrogens with one attached hydrogen (secondary N) is 1. The fourth-order valence-corrected chi connectivity index (χ4v) is 3.43. The molecule has 7 heteroatoms. The third-order valence-electron chi connectivity index (χ3n) is 4.62. The molecule has 148 valence electrons. The van der Waals surface area contributed by atoms with Crippen LogP contribution in [-0.2, 0) is 6.54 Å². The van der Waals surface area contributed by atoms with Crippen LogP contribution in [0.5, 0.6) is 0 Å². The zero-order chi connectivity index (χ0) is 21.1. The zero-order valence-electron chi connectivity index (χ0n) is 15.7. The molecule has 0 fully saturated rings. The van der Waals surface area contributed by atoms with E-state index in [4.69, 9.17) is 16.6 Å². The maximum absolute atomic E-state index is 12.7. The van der Waals surface area contributed by atoms with Gasteiger partial charge < -0.3 is 10.4 Å². The Morgan fingerprint density at radius 2 is 1.73 bits per heavy atom. The molecule has 0 atom stereocenters. The average Bonchev–Trinajstić information content (AvgIpc) is 2.77. The van der Waals surface area contributed by atoms with Crippen molar-refractivity contribution in [1.29, 1.82) is 0 Å². The van der Waals surface area contributed by atoms with Gasteiger partial charge in [0.2, 0.25) is 0 Å². The minimum atomic E-state index is -1.16. The van der Waals surface area contributed by atoms with Crippen LogP contribution in [0.2, 0.25) is 5.02 Å². The number of benzene rings is 2. The fraction of sp³-hybridized carbons (Fsp3) is 0.0435. The van der Waals surface area contributed by atoms with Gasteiger partial charge in [0.15, 0.2) is 0 Å². The number of fused-ring (bicyclic) bond motifs is 1. The number of para-hydroxylation sites is 1. The summed E-state index contributed by atoms with van der Waals surface area (Å²) in [5.41, 5.74) is 2.68. The highest BCUT2D eigenvalue weighted by Gasteiger charge is 2.17. The Labute approximate surface area is 177 Å². The van der Waals surface area contributed by atoms with E-state index in [2.05, 4.69) is 10.3 Å². The smallest absolute Gasteiger partial charge is 0.336 e. The van der Waals surface area contributed by atoms with Crippen molar-refractivity contribution in [2.24, 2.45) is 0 Å². The van der Waals surface area contributed by atoms with Gasteiger partial charge in [-0.3, -0.25) is 9.78 Å². The number of pyridine rings is 2. The molecule has 0 aliphatic heterocycles. The summed E-state index contributed by atoms with van der Waals surface area (Å²) >= 11 is 6.32. The number of amides is 1. The van der Waals surface area contributed by atoms with Gasteiger partial charge in [-0.05, 0) is 42.0 Å². The van der Waals surface area contributed by atoms with Crippen LogP contribution >= 0.6 is 11.6 Å². The number of halogens is 1. The van der Waals surface area contributed by atoms with Gasteiger partial charge in [0.05, 0.1) is 33.1 Å². The number of carboxylic acids is 1. The van der Waals surface area contributed by atoms with Gasteiger partial charge in [0, 0.05) is 18.1 Å². The molecule has 0 unspecified atom stereocenters. The lowest BCUT2D eigenvalue weighted by Crippen LogP contribution is -2.25. The molecule has 2 heterocycles. The van der Waals surface area contributed by atoms with E-state index < -0.39 is 11.9 Å². The summed E-state index contributed by atoms with van der Waals surface area (Å²) in [7, 11) is 0. The summed E-state index contributed by atoms with van der Waals surface area (Å²) in [6, 6.07) is 19.0. The first kappa shape index (κ1) is 19.5. The second-order valence-corrected chi connectivity index (χ2v) is 6.96. The molecule has 0 aliphatic rings. The maximum atomic E-state index is 12.7. The van der Waals surface area contributed by atoms with Crippen LogP contribution in [0.15, 0.2) is 72.9 Å². The zero-order valence-corrected chi connectivity index (χ0v) is 16.4. The molecule has 2 aromatic heterocycles. The monoisotopic (exact) mass is 417 g/mol. The molecule has 2 aromatic carbocycles. The number of rotatable bonds is 5. The quantitative estimate of drug-likeness (QED) is 0.496. The molecular weight excluding hydrogens is 402 g/mol. The standard InChI is InChI=1S/C23H16ClN3O3/c24-18-9-5-6-14-12-15(21(27-20(14)18)19-10-3-4-11-25-19)13-26-22(28)16-7-1-2-8-17(16)23(29)30/h1-12H,13H2,(H,26,28)(H,29,30). The molecule has 0 radical (unpaired) electrons. The van der Waals surface area contributed by atoms with Crippen molar-refractivity contribution in [3.05, 3.63) is 94.6 Å². The molecule has 4 aromatic rings.